The second-order valence-electron chi connectivity index (χ2n) is 10.0. The number of para-hydroxylation sites is 3. The van der Waals surface area contributed by atoms with Crippen LogP contribution in [0.2, 0.25) is 0 Å². The van der Waals surface area contributed by atoms with Gasteiger partial charge in [0.2, 0.25) is 0 Å². The van der Waals surface area contributed by atoms with Crippen molar-refractivity contribution in [3.8, 4) is 17.1 Å². The van der Waals surface area contributed by atoms with Gasteiger partial charge < -0.3 is 4.42 Å². The van der Waals surface area contributed by atoms with E-state index in [1.165, 1.54) is 16.8 Å². The van der Waals surface area contributed by atoms with Gasteiger partial charge in [0.1, 0.15) is 17.7 Å². The van der Waals surface area contributed by atoms with Crippen LogP contribution in [-0.2, 0) is 6.37 Å². The van der Waals surface area contributed by atoms with Crippen LogP contribution in [0.25, 0.3) is 39.1 Å². The Morgan fingerprint density at radius 2 is 1.59 bits per heavy atom. The van der Waals surface area contributed by atoms with Crippen LogP contribution in [0.5, 0.6) is 0 Å². The van der Waals surface area contributed by atoms with Crippen LogP contribution >= 0.6 is 0 Å². The molecule has 5 rings (SSSR count). The summed E-state index contributed by atoms with van der Waals surface area (Å²) in [5.41, 5.74) is 7.94. The van der Waals surface area contributed by atoms with E-state index in [-0.39, 0.29) is 5.92 Å². The fourth-order valence-electron chi connectivity index (χ4n) is 4.83. The van der Waals surface area contributed by atoms with Crippen LogP contribution in [0.4, 0.5) is 0 Å². The van der Waals surface area contributed by atoms with Gasteiger partial charge in [-0.2, -0.15) is 0 Å². The monoisotopic (exact) mass is 452 g/mol. The molecule has 0 spiro atoms. The summed E-state index contributed by atoms with van der Waals surface area (Å²) in [4.78, 5) is 5.12. The van der Waals surface area contributed by atoms with Gasteiger partial charge in [-0.3, -0.25) is 4.57 Å². The van der Waals surface area contributed by atoms with Crippen molar-refractivity contribution in [2.24, 2.45) is 5.92 Å². The fraction of sp³-hybridized carbons (Fsp3) is 0.323. The van der Waals surface area contributed by atoms with Gasteiger partial charge in [0, 0.05) is 8.13 Å². The molecule has 0 bridgehead atoms. The molecule has 0 amide bonds. The molecule has 0 saturated carbocycles. The third-order valence-corrected chi connectivity index (χ3v) is 6.40. The molecule has 174 valence electrons. The van der Waals surface area contributed by atoms with Gasteiger partial charge in [-0.15, -0.1) is 0 Å². The summed E-state index contributed by atoms with van der Waals surface area (Å²) in [6.45, 7) is 12.8. The number of imidazole rings is 1. The summed E-state index contributed by atoms with van der Waals surface area (Å²) in [7, 11) is 0. The molecule has 0 aliphatic carbocycles. The fourth-order valence-corrected chi connectivity index (χ4v) is 4.83. The number of furan rings is 1. The molecule has 0 fully saturated rings. The molecular formula is C31H34N2O. The van der Waals surface area contributed by atoms with E-state index >= 15 is 0 Å². The lowest BCUT2D eigenvalue weighted by Crippen LogP contribution is -2.08. The molecule has 2 aromatic heterocycles. The first-order valence-corrected chi connectivity index (χ1v) is 12.2. The van der Waals surface area contributed by atoms with E-state index in [1.54, 1.807) is 6.26 Å². The van der Waals surface area contributed by atoms with Gasteiger partial charge in [0.05, 0.1) is 22.3 Å². The largest absolute Gasteiger partial charge is 0.464 e. The Labute approximate surface area is 205 Å². The lowest BCUT2D eigenvalue weighted by atomic mass is 9.92. The average molecular weight is 453 g/mol. The first-order valence-electron chi connectivity index (χ1n) is 13.2. The SMILES string of the molecule is [2H]C([2H])(c1ccc2occ(-c3nc4ccccc4n3-c3c(C(C)C)cccc3C(C)C)c2c1)C(C)C. The summed E-state index contributed by atoms with van der Waals surface area (Å²) < 4.78 is 25.6. The quantitative estimate of drug-likeness (QED) is 0.257. The van der Waals surface area contributed by atoms with Gasteiger partial charge in [-0.05, 0) is 65.1 Å². The molecule has 0 aliphatic heterocycles. The van der Waals surface area contributed by atoms with Crippen LogP contribution < -0.4 is 0 Å². The normalized spacial score (nSPS) is 13.4. The summed E-state index contributed by atoms with van der Waals surface area (Å²) in [6.07, 6.45) is 0.321. The van der Waals surface area contributed by atoms with Gasteiger partial charge in [0.25, 0.3) is 0 Å². The third kappa shape index (κ3) is 3.83. The zero-order valence-corrected chi connectivity index (χ0v) is 20.9. The second-order valence-corrected chi connectivity index (χ2v) is 10.0. The average Bonchev–Trinajstić information content (AvgIpc) is 3.43. The number of hydrogen-bond donors (Lipinski definition) is 0. The predicted molar refractivity (Wildman–Crippen MR) is 143 cm³/mol. The standard InChI is InChI=1S/C31H34N2O/c1-19(2)16-22-14-15-29-25(17-22)26(18-34-29)31-32-27-12-7-8-13-28(27)33(31)30-23(20(3)4)10-9-11-24(30)21(5)6/h7-15,17-21H,16H2,1-6H3/i16D2. The van der Waals surface area contributed by atoms with Crippen molar-refractivity contribution in [2.45, 2.75) is 59.8 Å². The van der Waals surface area contributed by atoms with E-state index in [0.717, 1.165) is 33.4 Å². The number of hydrogen-bond acceptors (Lipinski definition) is 2. The van der Waals surface area contributed by atoms with Gasteiger partial charge in [-0.25, -0.2) is 4.98 Å². The summed E-state index contributed by atoms with van der Waals surface area (Å²) in [5.74, 6) is 1.32. The highest BCUT2D eigenvalue weighted by molar-refractivity contribution is 5.96. The van der Waals surface area contributed by atoms with Crippen molar-refractivity contribution in [1.82, 2.24) is 9.55 Å². The van der Waals surface area contributed by atoms with E-state index in [0.29, 0.717) is 17.4 Å². The molecule has 0 atom stereocenters. The maximum Gasteiger partial charge on any atom is 0.149 e. The highest BCUT2D eigenvalue weighted by Crippen LogP contribution is 2.39. The van der Waals surface area contributed by atoms with Crippen LogP contribution in [0.1, 0.15) is 72.8 Å². The summed E-state index contributed by atoms with van der Waals surface area (Å²) in [6, 6.07) is 20.5. The predicted octanol–water partition coefficient (Wildman–Crippen LogP) is 8.88. The van der Waals surface area contributed by atoms with Gasteiger partial charge in [-0.1, -0.05) is 77.9 Å². The van der Waals surface area contributed by atoms with E-state index in [2.05, 4.69) is 62.6 Å². The number of nitrogens with zero attached hydrogens (tertiary/aromatic N) is 2. The number of rotatable bonds is 6. The number of benzene rings is 3. The highest BCUT2D eigenvalue weighted by Gasteiger charge is 2.23. The van der Waals surface area contributed by atoms with Crippen molar-refractivity contribution in [2.75, 3.05) is 0 Å². The lowest BCUT2D eigenvalue weighted by Gasteiger charge is -2.22. The molecule has 0 N–H and O–H groups in total. The Balaban J connectivity index is 1.87. The Bertz CT molecular complexity index is 1530. The van der Waals surface area contributed by atoms with Crippen molar-refractivity contribution < 1.29 is 7.16 Å². The third-order valence-electron chi connectivity index (χ3n) is 6.40. The maximum absolute atomic E-state index is 8.66. The minimum Gasteiger partial charge on any atom is -0.464 e. The van der Waals surface area contributed by atoms with Crippen molar-refractivity contribution >= 4 is 22.0 Å². The van der Waals surface area contributed by atoms with Gasteiger partial charge in [0.15, 0.2) is 0 Å². The lowest BCUT2D eigenvalue weighted by molar-refractivity contribution is 0.615. The molecule has 2 heterocycles. The van der Waals surface area contributed by atoms with E-state index < -0.39 is 6.37 Å². The molecule has 0 unspecified atom stereocenters. The zero-order chi connectivity index (χ0) is 25.8. The van der Waals surface area contributed by atoms with Crippen molar-refractivity contribution in [1.29, 1.82) is 0 Å². The molecular weight excluding hydrogens is 416 g/mol. The minimum absolute atomic E-state index is 0.151. The van der Waals surface area contributed by atoms with Gasteiger partial charge >= 0.3 is 0 Å². The molecule has 34 heavy (non-hydrogen) atoms. The minimum atomic E-state index is -1.45. The number of aromatic nitrogens is 2. The molecule has 3 aromatic carbocycles. The first kappa shape index (κ1) is 20.1. The molecule has 0 radical (unpaired) electrons. The Morgan fingerprint density at radius 1 is 0.882 bits per heavy atom. The molecule has 0 saturated heterocycles. The summed E-state index contributed by atoms with van der Waals surface area (Å²) >= 11 is 0. The Kier molecular flexibility index (Phi) is 5.19. The van der Waals surface area contributed by atoms with E-state index in [4.69, 9.17) is 12.1 Å². The summed E-state index contributed by atoms with van der Waals surface area (Å²) in [5, 5.41) is 0.877. The Hall–Kier alpha value is -3.33. The molecule has 0 aliphatic rings. The second kappa shape index (κ2) is 8.79. The van der Waals surface area contributed by atoms with Crippen molar-refractivity contribution in [3.05, 3.63) is 83.6 Å². The zero-order valence-electron chi connectivity index (χ0n) is 22.9. The van der Waals surface area contributed by atoms with E-state index in [9.17, 15) is 0 Å². The molecule has 5 aromatic rings. The number of fused-ring (bicyclic) bond motifs is 2. The first-order chi connectivity index (χ1) is 17.1. The Morgan fingerprint density at radius 3 is 2.26 bits per heavy atom. The molecule has 3 nitrogen and oxygen atoms in total. The maximum atomic E-state index is 8.66. The van der Waals surface area contributed by atoms with E-state index in [1.807, 2.05) is 44.2 Å². The van der Waals surface area contributed by atoms with Crippen molar-refractivity contribution in [3.63, 3.8) is 0 Å². The highest BCUT2D eigenvalue weighted by atomic mass is 16.3. The molecule has 3 heteroatoms. The van der Waals surface area contributed by atoms with Crippen LogP contribution in [0.15, 0.2) is 71.3 Å². The van der Waals surface area contributed by atoms with Crippen LogP contribution in [0.3, 0.4) is 0 Å². The van der Waals surface area contributed by atoms with Crippen LogP contribution in [0, 0.1) is 5.92 Å². The smallest absolute Gasteiger partial charge is 0.149 e. The topological polar surface area (TPSA) is 31.0 Å². The van der Waals surface area contributed by atoms with Crippen LogP contribution in [-0.4, -0.2) is 9.55 Å².